The van der Waals surface area contributed by atoms with E-state index in [0.717, 1.165) is 0 Å². The SMILES string of the molecule is OC(CNC1CC1)Cc1ccccc1F. The monoisotopic (exact) mass is 209 g/mol. The average Bonchev–Trinajstić information content (AvgIpc) is 3.02. The second-order valence-electron chi connectivity index (χ2n) is 4.13. The molecule has 0 heterocycles. The summed E-state index contributed by atoms with van der Waals surface area (Å²) >= 11 is 0. The van der Waals surface area contributed by atoms with Crippen LogP contribution in [-0.4, -0.2) is 23.8 Å². The first-order valence-electron chi connectivity index (χ1n) is 5.40. The number of aliphatic hydroxyl groups excluding tert-OH is 1. The van der Waals surface area contributed by atoms with E-state index in [9.17, 15) is 9.50 Å². The Bertz CT molecular complexity index is 325. The zero-order valence-electron chi connectivity index (χ0n) is 8.62. The highest BCUT2D eigenvalue weighted by atomic mass is 19.1. The molecular formula is C12H16FNO. The van der Waals surface area contributed by atoms with E-state index in [1.807, 2.05) is 0 Å². The van der Waals surface area contributed by atoms with Gasteiger partial charge in [0, 0.05) is 19.0 Å². The summed E-state index contributed by atoms with van der Waals surface area (Å²) in [6.45, 7) is 0.555. The standard InChI is InChI=1S/C12H16FNO/c13-12-4-2-1-3-9(12)7-11(15)8-14-10-5-6-10/h1-4,10-11,14-15H,5-8H2. The van der Waals surface area contributed by atoms with Crippen molar-refractivity contribution < 1.29 is 9.50 Å². The predicted octanol–water partition coefficient (Wildman–Crippen LogP) is 1.48. The van der Waals surface area contributed by atoms with Gasteiger partial charge in [0.25, 0.3) is 0 Å². The zero-order valence-corrected chi connectivity index (χ0v) is 8.62. The summed E-state index contributed by atoms with van der Waals surface area (Å²) in [6.07, 6.45) is 2.29. The first kappa shape index (κ1) is 10.6. The third-order valence-electron chi connectivity index (χ3n) is 2.63. The molecule has 1 unspecified atom stereocenters. The van der Waals surface area contributed by atoms with E-state index in [1.54, 1.807) is 18.2 Å². The minimum Gasteiger partial charge on any atom is -0.391 e. The van der Waals surface area contributed by atoms with Crippen molar-refractivity contribution in [2.75, 3.05) is 6.54 Å². The Morgan fingerprint density at radius 2 is 2.13 bits per heavy atom. The molecule has 1 aliphatic carbocycles. The molecule has 1 aromatic carbocycles. The van der Waals surface area contributed by atoms with E-state index < -0.39 is 6.10 Å². The minimum absolute atomic E-state index is 0.233. The smallest absolute Gasteiger partial charge is 0.126 e. The molecule has 3 heteroatoms. The molecule has 0 saturated heterocycles. The summed E-state index contributed by atoms with van der Waals surface area (Å²) in [7, 11) is 0. The second-order valence-corrected chi connectivity index (χ2v) is 4.13. The van der Waals surface area contributed by atoms with Crippen molar-refractivity contribution in [3.8, 4) is 0 Å². The molecule has 0 aromatic heterocycles. The summed E-state index contributed by atoms with van der Waals surface area (Å²) < 4.78 is 13.2. The van der Waals surface area contributed by atoms with Crippen molar-refractivity contribution in [3.63, 3.8) is 0 Å². The van der Waals surface area contributed by atoms with Crippen molar-refractivity contribution in [1.29, 1.82) is 0 Å². The Kier molecular flexibility index (Phi) is 3.34. The molecule has 0 amide bonds. The highest BCUT2D eigenvalue weighted by Crippen LogP contribution is 2.18. The van der Waals surface area contributed by atoms with Gasteiger partial charge in [-0.2, -0.15) is 0 Å². The summed E-state index contributed by atoms with van der Waals surface area (Å²) in [5.41, 5.74) is 0.586. The molecular weight excluding hydrogens is 193 g/mol. The topological polar surface area (TPSA) is 32.3 Å². The van der Waals surface area contributed by atoms with E-state index in [0.29, 0.717) is 24.6 Å². The van der Waals surface area contributed by atoms with Crippen LogP contribution in [0.5, 0.6) is 0 Å². The van der Waals surface area contributed by atoms with E-state index in [4.69, 9.17) is 0 Å². The molecule has 0 spiro atoms. The van der Waals surface area contributed by atoms with Crippen LogP contribution in [0.1, 0.15) is 18.4 Å². The summed E-state index contributed by atoms with van der Waals surface area (Å²) in [6, 6.07) is 7.18. The van der Waals surface area contributed by atoms with E-state index in [-0.39, 0.29) is 5.82 Å². The van der Waals surface area contributed by atoms with Gasteiger partial charge in [-0.1, -0.05) is 18.2 Å². The molecule has 1 saturated carbocycles. The summed E-state index contributed by atoms with van der Waals surface area (Å²) in [5.74, 6) is -0.233. The van der Waals surface area contributed by atoms with E-state index >= 15 is 0 Å². The van der Waals surface area contributed by atoms with Crippen molar-refractivity contribution >= 4 is 0 Å². The number of benzene rings is 1. The Morgan fingerprint density at radius 3 is 2.80 bits per heavy atom. The van der Waals surface area contributed by atoms with Crippen LogP contribution in [-0.2, 0) is 6.42 Å². The van der Waals surface area contributed by atoms with Gasteiger partial charge >= 0.3 is 0 Å². The highest BCUT2D eigenvalue weighted by molar-refractivity contribution is 5.18. The van der Waals surface area contributed by atoms with E-state index in [1.165, 1.54) is 18.9 Å². The number of halogens is 1. The van der Waals surface area contributed by atoms with Crippen LogP contribution in [0.25, 0.3) is 0 Å². The largest absolute Gasteiger partial charge is 0.391 e. The summed E-state index contributed by atoms with van der Waals surface area (Å²) in [4.78, 5) is 0. The van der Waals surface area contributed by atoms with Crippen LogP contribution in [0.4, 0.5) is 4.39 Å². The van der Waals surface area contributed by atoms with Gasteiger partial charge in [-0.3, -0.25) is 0 Å². The number of hydrogen-bond donors (Lipinski definition) is 2. The van der Waals surface area contributed by atoms with Gasteiger partial charge in [-0.15, -0.1) is 0 Å². The van der Waals surface area contributed by atoms with Gasteiger partial charge in [0.1, 0.15) is 5.82 Å². The zero-order chi connectivity index (χ0) is 10.7. The van der Waals surface area contributed by atoms with Crippen LogP contribution in [0.15, 0.2) is 24.3 Å². The van der Waals surface area contributed by atoms with Gasteiger partial charge in [0.2, 0.25) is 0 Å². The molecule has 2 nitrogen and oxygen atoms in total. The molecule has 1 aromatic rings. The van der Waals surface area contributed by atoms with Crippen LogP contribution in [0.3, 0.4) is 0 Å². The van der Waals surface area contributed by atoms with Crippen LogP contribution in [0.2, 0.25) is 0 Å². The maximum atomic E-state index is 13.2. The average molecular weight is 209 g/mol. The lowest BCUT2D eigenvalue weighted by molar-refractivity contribution is 0.170. The molecule has 82 valence electrons. The fraction of sp³-hybridized carbons (Fsp3) is 0.500. The van der Waals surface area contributed by atoms with Gasteiger partial charge in [-0.05, 0) is 24.5 Å². The van der Waals surface area contributed by atoms with Crippen molar-refractivity contribution in [3.05, 3.63) is 35.6 Å². The molecule has 1 fully saturated rings. The Balaban J connectivity index is 1.81. The number of aliphatic hydroxyl groups is 1. The number of rotatable bonds is 5. The Hall–Kier alpha value is -0.930. The first-order chi connectivity index (χ1) is 7.25. The fourth-order valence-electron chi connectivity index (χ4n) is 1.58. The molecule has 0 aliphatic heterocycles. The first-order valence-corrected chi connectivity index (χ1v) is 5.40. The number of nitrogens with one attached hydrogen (secondary N) is 1. The molecule has 0 bridgehead atoms. The lowest BCUT2D eigenvalue weighted by atomic mass is 10.1. The second kappa shape index (κ2) is 4.73. The van der Waals surface area contributed by atoms with Crippen LogP contribution >= 0.6 is 0 Å². The van der Waals surface area contributed by atoms with E-state index in [2.05, 4.69) is 5.32 Å². The van der Waals surface area contributed by atoms with Gasteiger partial charge < -0.3 is 10.4 Å². The fourth-order valence-corrected chi connectivity index (χ4v) is 1.58. The van der Waals surface area contributed by atoms with Crippen molar-refractivity contribution in [2.24, 2.45) is 0 Å². The van der Waals surface area contributed by atoms with Crippen LogP contribution in [0, 0.1) is 5.82 Å². The summed E-state index contributed by atoms with van der Waals surface area (Å²) in [5, 5.41) is 12.9. The Morgan fingerprint density at radius 1 is 1.40 bits per heavy atom. The maximum absolute atomic E-state index is 13.2. The van der Waals surface area contributed by atoms with Crippen LogP contribution < -0.4 is 5.32 Å². The third-order valence-corrected chi connectivity index (χ3v) is 2.63. The van der Waals surface area contributed by atoms with Gasteiger partial charge in [0.15, 0.2) is 0 Å². The minimum atomic E-state index is -0.498. The van der Waals surface area contributed by atoms with Gasteiger partial charge in [-0.25, -0.2) is 4.39 Å². The lowest BCUT2D eigenvalue weighted by Gasteiger charge is -2.11. The third kappa shape index (κ3) is 3.29. The molecule has 0 radical (unpaired) electrons. The maximum Gasteiger partial charge on any atom is 0.126 e. The quantitative estimate of drug-likeness (QED) is 0.770. The molecule has 1 atom stereocenters. The molecule has 2 N–H and O–H groups in total. The molecule has 1 aliphatic rings. The molecule has 15 heavy (non-hydrogen) atoms. The van der Waals surface area contributed by atoms with Crippen molar-refractivity contribution in [2.45, 2.75) is 31.4 Å². The Labute approximate surface area is 89.1 Å². The highest BCUT2D eigenvalue weighted by Gasteiger charge is 2.21. The molecule has 2 rings (SSSR count). The van der Waals surface area contributed by atoms with Crippen molar-refractivity contribution in [1.82, 2.24) is 5.32 Å². The predicted molar refractivity (Wildman–Crippen MR) is 57.1 cm³/mol. The van der Waals surface area contributed by atoms with Gasteiger partial charge in [0.05, 0.1) is 6.10 Å². The number of hydrogen-bond acceptors (Lipinski definition) is 2. The normalized spacial score (nSPS) is 17.7. The lowest BCUT2D eigenvalue weighted by Crippen LogP contribution is -2.30.